The van der Waals surface area contributed by atoms with Crippen LogP contribution in [0.2, 0.25) is 0 Å². The third-order valence-corrected chi connectivity index (χ3v) is 2.59. The van der Waals surface area contributed by atoms with Crippen LogP contribution >= 0.6 is 0 Å². The van der Waals surface area contributed by atoms with Gasteiger partial charge in [0.2, 0.25) is 0 Å². The maximum Gasteiger partial charge on any atom is 0.0739 e. The number of aliphatic hydroxyl groups is 1. The van der Waals surface area contributed by atoms with E-state index in [1.165, 1.54) is 0 Å². The molecular formula is C10H16O. The average Bonchev–Trinajstić information content (AvgIpc) is 2.55. The van der Waals surface area contributed by atoms with Crippen LogP contribution in [-0.4, -0.2) is 10.7 Å². The van der Waals surface area contributed by atoms with E-state index in [-0.39, 0.29) is 5.92 Å². The lowest BCUT2D eigenvalue weighted by atomic mass is 9.84. The minimum Gasteiger partial charge on any atom is -0.389 e. The van der Waals surface area contributed by atoms with Crippen molar-refractivity contribution in [3.05, 3.63) is 24.3 Å². The van der Waals surface area contributed by atoms with Crippen LogP contribution in [0.1, 0.15) is 26.7 Å². The largest absolute Gasteiger partial charge is 0.389 e. The van der Waals surface area contributed by atoms with Crippen molar-refractivity contribution >= 4 is 0 Å². The molecule has 0 radical (unpaired) electrons. The summed E-state index contributed by atoms with van der Waals surface area (Å²) in [6.07, 6.45) is 9.77. The Balaban J connectivity index is 2.68. The van der Waals surface area contributed by atoms with Gasteiger partial charge >= 0.3 is 0 Å². The van der Waals surface area contributed by atoms with Gasteiger partial charge in [-0.15, -0.1) is 0 Å². The minimum absolute atomic E-state index is 0.234. The SMILES string of the molecule is CCC(O)(CC)C1C=CC=C1. The van der Waals surface area contributed by atoms with E-state index in [1.54, 1.807) is 0 Å². The summed E-state index contributed by atoms with van der Waals surface area (Å²) in [7, 11) is 0. The molecule has 0 bridgehead atoms. The van der Waals surface area contributed by atoms with E-state index < -0.39 is 5.60 Å². The van der Waals surface area contributed by atoms with Gasteiger partial charge in [0.25, 0.3) is 0 Å². The summed E-state index contributed by atoms with van der Waals surface area (Å²) >= 11 is 0. The highest BCUT2D eigenvalue weighted by Crippen LogP contribution is 2.29. The molecule has 1 aliphatic carbocycles. The van der Waals surface area contributed by atoms with E-state index in [4.69, 9.17) is 0 Å². The number of rotatable bonds is 3. The molecule has 1 rings (SSSR count). The second-order valence-corrected chi connectivity index (χ2v) is 3.11. The van der Waals surface area contributed by atoms with Gasteiger partial charge in [-0.2, -0.15) is 0 Å². The van der Waals surface area contributed by atoms with Crippen LogP contribution in [0.3, 0.4) is 0 Å². The summed E-state index contributed by atoms with van der Waals surface area (Å²) in [6.45, 7) is 4.06. The highest BCUT2D eigenvalue weighted by molar-refractivity contribution is 5.21. The Labute approximate surface area is 68.4 Å². The molecule has 1 aliphatic rings. The van der Waals surface area contributed by atoms with Crippen molar-refractivity contribution in [1.29, 1.82) is 0 Å². The lowest BCUT2D eigenvalue weighted by molar-refractivity contribution is 0.00841. The average molecular weight is 152 g/mol. The van der Waals surface area contributed by atoms with Gasteiger partial charge < -0.3 is 5.11 Å². The predicted octanol–water partition coefficient (Wildman–Crippen LogP) is 2.28. The fraction of sp³-hybridized carbons (Fsp3) is 0.600. The zero-order valence-corrected chi connectivity index (χ0v) is 7.25. The smallest absolute Gasteiger partial charge is 0.0739 e. The summed E-state index contributed by atoms with van der Waals surface area (Å²) in [5.74, 6) is 0.234. The van der Waals surface area contributed by atoms with Gasteiger partial charge in [0.05, 0.1) is 5.60 Å². The topological polar surface area (TPSA) is 20.2 Å². The van der Waals surface area contributed by atoms with Gasteiger partial charge in [0.15, 0.2) is 0 Å². The molecule has 0 aliphatic heterocycles. The molecule has 0 spiro atoms. The van der Waals surface area contributed by atoms with Crippen molar-refractivity contribution in [2.45, 2.75) is 32.3 Å². The van der Waals surface area contributed by atoms with E-state index in [9.17, 15) is 5.11 Å². The molecular weight excluding hydrogens is 136 g/mol. The molecule has 0 aromatic heterocycles. The highest BCUT2D eigenvalue weighted by atomic mass is 16.3. The fourth-order valence-electron chi connectivity index (χ4n) is 1.51. The van der Waals surface area contributed by atoms with Crippen molar-refractivity contribution in [2.75, 3.05) is 0 Å². The first-order chi connectivity index (χ1) is 5.23. The Hall–Kier alpha value is -0.560. The Bertz CT molecular complexity index is 163. The van der Waals surface area contributed by atoms with Crippen LogP contribution in [0.5, 0.6) is 0 Å². The first kappa shape index (κ1) is 8.54. The Morgan fingerprint density at radius 1 is 1.18 bits per heavy atom. The molecule has 0 aromatic rings. The number of allylic oxidation sites excluding steroid dienone is 2. The molecule has 1 nitrogen and oxygen atoms in total. The van der Waals surface area contributed by atoms with Crippen molar-refractivity contribution in [3.63, 3.8) is 0 Å². The Morgan fingerprint density at radius 2 is 1.64 bits per heavy atom. The third-order valence-electron chi connectivity index (χ3n) is 2.59. The van der Waals surface area contributed by atoms with Crippen molar-refractivity contribution in [2.24, 2.45) is 5.92 Å². The second-order valence-electron chi connectivity index (χ2n) is 3.11. The Morgan fingerprint density at radius 3 is 2.00 bits per heavy atom. The summed E-state index contributed by atoms with van der Waals surface area (Å²) < 4.78 is 0. The van der Waals surface area contributed by atoms with Crippen LogP contribution < -0.4 is 0 Å². The molecule has 0 saturated heterocycles. The first-order valence-electron chi connectivity index (χ1n) is 4.30. The molecule has 1 N–H and O–H groups in total. The van der Waals surface area contributed by atoms with Gasteiger partial charge in [-0.25, -0.2) is 0 Å². The van der Waals surface area contributed by atoms with Crippen molar-refractivity contribution < 1.29 is 5.11 Å². The monoisotopic (exact) mass is 152 g/mol. The van der Waals surface area contributed by atoms with Gasteiger partial charge in [-0.05, 0) is 12.8 Å². The summed E-state index contributed by atoms with van der Waals surface area (Å²) in [4.78, 5) is 0. The predicted molar refractivity (Wildman–Crippen MR) is 47.3 cm³/mol. The molecule has 0 fully saturated rings. The van der Waals surface area contributed by atoms with Crippen molar-refractivity contribution in [1.82, 2.24) is 0 Å². The molecule has 1 heteroatoms. The standard InChI is InChI=1S/C10H16O/c1-3-10(11,4-2)9-7-5-6-8-9/h5-9,11H,3-4H2,1-2H3. The number of hydrogen-bond acceptors (Lipinski definition) is 1. The van der Waals surface area contributed by atoms with Gasteiger partial charge in [0.1, 0.15) is 0 Å². The van der Waals surface area contributed by atoms with Gasteiger partial charge in [0, 0.05) is 5.92 Å². The van der Waals surface area contributed by atoms with Gasteiger partial charge in [-0.1, -0.05) is 38.2 Å². The maximum atomic E-state index is 10.0. The summed E-state index contributed by atoms with van der Waals surface area (Å²) in [6, 6.07) is 0. The molecule has 0 atom stereocenters. The van der Waals surface area contributed by atoms with Gasteiger partial charge in [-0.3, -0.25) is 0 Å². The molecule has 0 saturated carbocycles. The van der Waals surface area contributed by atoms with Crippen LogP contribution in [0.25, 0.3) is 0 Å². The van der Waals surface area contributed by atoms with Crippen LogP contribution in [0.4, 0.5) is 0 Å². The molecule has 0 amide bonds. The van der Waals surface area contributed by atoms with E-state index in [2.05, 4.69) is 12.2 Å². The first-order valence-corrected chi connectivity index (χ1v) is 4.30. The quantitative estimate of drug-likeness (QED) is 0.657. The van der Waals surface area contributed by atoms with E-state index in [1.807, 2.05) is 26.0 Å². The summed E-state index contributed by atoms with van der Waals surface area (Å²) in [5.41, 5.74) is -0.510. The second kappa shape index (κ2) is 3.22. The van der Waals surface area contributed by atoms with Crippen LogP contribution in [-0.2, 0) is 0 Å². The third kappa shape index (κ3) is 1.54. The van der Waals surface area contributed by atoms with Crippen LogP contribution in [0, 0.1) is 5.92 Å². The zero-order chi connectivity index (χ0) is 8.32. The molecule has 0 heterocycles. The minimum atomic E-state index is -0.510. The van der Waals surface area contributed by atoms with E-state index in [0.717, 1.165) is 12.8 Å². The molecule has 62 valence electrons. The fourth-order valence-corrected chi connectivity index (χ4v) is 1.51. The van der Waals surface area contributed by atoms with Crippen molar-refractivity contribution in [3.8, 4) is 0 Å². The number of hydrogen-bond donors (Lipinski definition) is 1. The molecule has 11 heavy (non-hydrogen) atoms. The highest BCUT2D eigenvalue weighted by Gasteiger charge is 2.30. The normalized spacial score (nSPS) is 18.1. The lowest BCUT2D eigenvalue weighted by Crippen LogP contribution is -2.33. The zero-order valence-electron chi connectivity index (χ0n) is 7.25. The summed E-state index contributed by atoms with van der Waals surface area (Å²) in [5, 5.41) is 10.0. The Kier molecular flexibility index (Phi) is 2.50. The maximum absolute atomic E-state index is 10.0. The molecule has 0 aromatic carbocycles. The lowest BCUT2D eigenvalue weighted by Gasteiger charge is -2.29. The van der Waals surface area contributed by atoms with E-state index >= 15 is 0 Å². The van der Waals surface area contributed by atoms with Crippen LogP contribution in [0.15, 0.2) is 24.3 Å². The van der Waals surface area contributed by atoms with E-state index in [0.29, 0.717) is 0 Å². The molecule has 0 unspecified atom stereocenters.